The zero-order chi connectivity index (χ0) is 11.1. The quantitative estimate of drug-likeness (QED) is 0.415. The second-order valence-electron chi connectivity index (χ2n) is 2.68. The molecule has 14 heavy (non-hydrogen) atoms. The smallest absolute Gasteiger partial charge is 0.344 e. The van der Waals surface area contributed by atoms with Crippen molar-refractivity contribution in [3.05, 3.63) is 23.8 Å². The van der Waals surface area contributed by atoms with Crippen LogP contribution in [-0.4, -0.2) is 23.7 Å². The fourth-order valence-corrected chi connectivity index (χ4v) is 0.782. The lowest BCUT2D eigenvalue weighted by Crippen LogP contribution is -2.16. The highest BCUT2D eigenvalue weighted by molar-refractivity contribution is 5.99. The van der Waals surface area contributed by atoms with Crippen LogP contribution in [0.3, 0.4) is 0 Å². The van der Waals surface area contributed by atoms with Gasteiger partial charge in [0.25, 0.3) is 0 Å². The minimum Gasteiger partial charge on any atom is -0.391 e. The molecule has 78 valence electrons. The van der Waals surface area contributed by atoms with Gasteiger partial charge in [0, 0.05) is 6.08 Å². The van der Waals surface area contributed by atoms with Crippen LogP contribution >= 0.6 is 0 Å². The van der Waals surface area contributed by atoms with Crippen molar-refractivity contribution >= 4 is 11.9 Å². The molecule has 0 aromatic rings. The number of ether oxygens (including phenoxy) is 1. The molecular formula is C10H14O4. The summed E-state index contributed by atoms with van der Waals surface area (Å²) in [5.41, 5.74) is 0.831. The maximum absolute atomic E-state index is 11.2. The van der Waals surface area contributed by atoms with Crippen molar-refractivity contribution in [3.8, 4) is 0 Å². The fraction of sp³-hybridized carbons (Fsp3) is 0.400. The SMILES string of the molecule is C=CC(=O)OC(=O)/C(CO)=C(\C)CC. The highest BCUT2D eigenvalue weighted by atomic mass is 16.6. The molecular weight excluding hydrogens is 184 g/mol. The van der Waals surface area contributed by atoms with E-state index in [1.807, 2.05) is 6.92 Å². The van der Waals surface area contributed by atoms with Crippen molar-refractivity contribution in [2.24, 2.45) is 0 Å². The highest BCUT2D eigenvalue weighted by Crippen LogP contribution is 2.09. The van der Waals surface area contributed by atoms with E-state index in [0.29, 0.717) is 12.0 Å². The molecule has 0 unspecified atom stereocenters. The number of carbonyl (C=O) groups excluding carboxylic acids is 2. The average molecular weight is 198 g/mol. The van der Waals surface area contributed by atoms with Crippen LogP contribution in [0.4, 0.5) is 0 Å². The van der Waals surface area contributed by atoms with Gasteiger partial charge in [-0.25, -0.2) is 9.59 Å². The number of allylic oxidation sites excluding steroid dienone is 1. The van der Waals surface area contributed by atoms with Gasteiger partial charge in [0.2, 0.25) is 0 Å². The predicted molar refractivity (Wildman–Crippen MR) is 51.4 cm³/mol. The molecule has 0 aliphatic heterocycles. The van der Waals surface area contributed by atoms with Crippen LogP contribution in [0.5, 0.6) is 0 Å². The first-order chi connectivity index (χ1) is 6.56. The van der Waals surface area contributed by atoms with Crippen LogP contribution in [-0.2, 0) is 14.3 Å². The van der Waals surface area contributed by atoms with E-state index in [1.165, 1.54) is 0 Å². The lowest BCUT2D eigenvalue weighted by atomic mass is 10.1. The maximum Gasteiger partial charge on any atom is 0.344 e. The lowest BCUT2D eigenvalue weighted by molar-refractivity contribution is -0.153. The Balaban J connectivity index is 4.64. The predicted octanol–water partition coefficient (Wildman–Crippen LogP) is 0.961. The largest absolute Gasteiger partial charge is 0.391 e. The summed E-state index contributed by atoms with van der Waals surface area (Å²) in [7, 11) is 0. The van der Waals surface area contributed by atoms with Gasteiger partial charge in [0.05, 0.1) is 12.2 Å². The summed E-state index contributed by atoms with van der Waals surface area (Å²) in [6.07, 6.45) is 1.52. The number of aliphatic hydroxyl groups excluding tert-OH is 1. The summed E-state index contributed by atoms with van der Waals surface area (Å²) in [4.78, 5) is 21.9. The number of esters is 2. The molecule has 0 fully saturated rings. The van der Waals surface area contributed by atoms with Gasteiger partial charge >= 0.3 is 11.9 Å². The van der Waals surface area contributed by atoms with Crippen molar-refractivity contribution in [2.45, 2.75) is 20.3 Å². The Hall–Kier alpha value is -1.42. The zero-order valence-corrected chi connectivity index (χ0v) is 8.37. The monoisotopic (exact) mass is 198 g/mol. The molecule has 0 atom stereocenters. The molecule has 0 heterocycles. The Morgan fingerprint density at radius 1 is 1.50 bits per heavy atom. The highest BCUT2D eigenvalue weighted by Gasteiger charge is 2.15. The molecule has 0 aromatic carbocycles. The molecule has 0 spiro atoms. The van der Waals surface area contributed by atoms with E-state index in [1.54, 1.807) is 6.92 Å². The van der Waals surface area contributed by atoms with E-state index in [-0.39, 0.29) is 5.57 Å². The van der Waals surface area contributed by atoms with E-state index >= 15 is 0 Å². The second kappa shape index (κ2) is 6.10. The first-order valence-electron chi connectivity index (χ1n) is 4.24. The Bertz CT molecular complexity index is 276. The van der Waals surface area contributed by atoms with Crippen molar-refractivity contribution in [1.82, 2.24) is 0 Å². The molecule has 0 saturated heterocycles. The van der Waals surface area contributed by atoms with Crippen LogP contribution < -0.4 is 0 Å². The molecule has 0 aliphatic carbocycles. The third-order valence-corrected chi connectivity index (χ3v) is 1.81. The number of hydrogen-bond donors (Lipinski definition) is 1. The summed E-state index contributed by atoms with van der Waals surface area (Å²) in [5.74, 6) is -1.62. The maximum atomic E-state index is 11.2. The summed E-state index contributed by atoms with van der Waals surface area (Å²) in [5, 5.41) is 8.89. The van der Waals surface area contributed by atoms with Crippen LogP contribution in [0, 0.1) is 0 Å². The van der Waals surface area contributed by atoms with Gasteiger partial charge in [-0.05, 0) is 13.3 Å². The molecule has 0 rings (SSSR count). The van der Waals surface area contributed by atoms with E-state index < -0.39 is 18.5 Å². The molecule has 4 heteroatoms. The van der Waals surface area contributed by atoms with E-state index in [4.69, 9.17) is 5.11 Å². The van der Waals surface area contributed by atoms with E-state index in [9.17, 15) is 9.59 Å². The van der Waals surface area contributed by atoms with E-state index in [2.05, 4.69) is 11.3 Å². The van der Waals surface area contributed by atoms with Gasteiger partial charge < -0.3 is 9.84 Å². The number of rotatable bonds is 4. The van der Waals surface area contributed by atoms with Crippen molar-refractivity contribution in [2.75, 3.05) is 6.61 Å². The number of aliphatic hydroxyl groups is 1. The topological polar surface area (TPSA) is 63.6 Å². The molecule has 0 radical (unpaired) electrons. The lowest BCUT2D eigenvalue weighted by Gasteiger charge is -2.05. The van der Waals surface area contributed by atoms with Crippen molar-refractivity contribution in [3.63, 3.8) is 0 Å². The Morgan fingerprint density at radius 3 is 2.43 bits per heavy atom. The molecule has 0 aromatic heterocycles. The summed E-state index contributed by atoms with van der Waals surface area (Å²) in [6.45, 7) is 6.27. The number of carbonyl (C=O) groups is 2. The molecule has 0 bridgehead atoms. The Morgan fingerprint density at radius 2 is 2.07 bits per heavy atom. The van der Waals surface area contributed by atoms with Crippen LogP contribution in [0.15, 0.2) is 23.8 Å². The first-order valence-corrected chi connectivity index (χ1v) is 4.24. The van der Waals surface area contributed by atoms with Gasteiger partial charge in [-0.1, -0.05) is 19.1 Å². The molecule has 4 nitrogen and oxygen atoms in total. The van der Waals surface area contributed by atoms with Gasteiger partial charge in [0.15, 0.2) is 0 Å². The van der Waals surface area contributed by atoms with E-state index in [0.717, 1.165) is 6.08 Å². The normalized spacial score (nSPS) is 11.6. The van der Waals surface area contributed by atoms with Gasteiger partial charge in [-0.2, -0.15) is 0 Å². The minimum absolute atomic E-state index is 0.128. The summed E-state index contributed by atoms with van der Waals surface area (Å²) < 4.78 is 4.36. The Labute approximate surface area is 82.9 Å². The summed E-state index contributed by atoms with van der Waals surface area (Å²) >= 11 is 0. The summed E-state index contributed by atoms with van der Waals surface area (Å²) in [6, 6.07) is 0. The van der Waals surface area contributed by atoms with Crippen LogP contribution in [0.1, 0.15) is 20.3 Å². The minimum atomic E-state index is -0.815. The third kappa shape index (κ3) is 3.53. The van der Waals surface area contributed by atoms with Crippen molar-refractivity contribution < 1.29 is 19.4 Å². The fourth-order valence-electron chi connectivity index (χ4n) is 0.782. The zero-order valence-electron chi connectivity index (χ0n) is 8.37. The molecule has 0 saturated carbocycles. The molecule has 1 N–H and O–H groups in total. The van der Waals surface area contributed by atoms with Crippen LogP contribution in [0.2, 0.25) is 0 Å². The standard InChI is InChI=1S/C10H14O4/c1-4-7(3)8(6-11)10(13)14-9(12)5-2/h5,11H,2,4,6H2,1,3H3/b8-7+. The van der Waals surface area contributed by atoms with Crippen molar-refractivity contribution in [1.29, 1.82) is 0 Å². The first kappa shape index (κ1) is 12.6. The second-order valence-corrected chi connectivity index (χ2v) is 2.68. The Kier molecular flexibility index (Phi) is 5.48. The molecule has 0 aliphatic rings. The van der Waals surface area contributed by atoms with Crippen LogP contribution in [0.25, 0.3) is 0 Å². The number of hydrogen-bond acceptors (Lipinski definition) is 4. The average Bonchev–Trinajstić information content (AvgIpc) is 2.18. The van der Waals surface area contributed by atoms with Gasteiger partial charge in [0.1, 0.15) is 0 Å². The molecule has 0 amide bonds. The van der Waals surface area contributed by atoms with Gasteiger partial charge in [-0.3, -0.25) is 0 Å². The third-order valence-electron chi connectivity index (χ3n) is 1.81. The van der Waals surface area contributed by atoms with Gasteiger partial charge in [-0.15, -0.1) is 0 Å².